The van der Waals surface area contributed by atoms with Crippen molar-refractivity contribution in [2.75, 3.05) is 13.1 Å². The average molecular weight is 167 g/mol. The molecule has 12 heavy (non-hydrogen) atoms. The first-order valence-electron chi connectivity index (χ1n) is 5.64. The van der Waals surface area contributed by atoms with Gasteiger partial charge in [-0.1, -0.05) is 19.8 Å². The highest BCUT2D eigenvalue weighted by Crippen LogP contribution is 2.29. The summed E-state index contributed by atoms with van der Waals surface area (Å²) in [5.74, 6) is 1.01. The van der Waals surface area contributed by atoms with Crippen LogP contribution in [-0.2, 0) is 0 Å². The fraction of sp³-hybridized carbons (Fsp3) is 1.00. The highest BCUT2D eigenvalue weighted by molar-refractivity contribution is 4.83. The second-order valence-corrected chi connectivity index (χ2v) is 4.50. The van der Waals surface area contributed by atoms with Gasteiger partial charge in [0.25, 0.3) is 0 Å². The van der Waals surface area contributed by atoms with E-state index in [0.717, 1.165) is 12.0 Å². The monoisotopic (exact) mass is 167 g/mol. The molecule has 2 aliphatic rings. The molecule has 0 aliphatic carbocycles. The largest absolute Gasteiger partial charge is 0.300 e. The predicted octanol–water partition coefficient (Wildman–Crippen LogP) is 2.66. The van der Waals surface area contributed by atoms with Crippen molar-refractivity contribution in [2.45, 2.75) is 51.5 Å². The zero-order valence-electron chi connectivity index (χ0n) is 8.26. The third kappa shape index (κ3) is 1.66. The summed E-state index contributed by atoms with van der Waals surface area (Å²) in [6.07, 6.45) is 8.79. The third-order valence-electron chi connectivity index (χ3n) is 3.73. The average Bonchev–Trinajstić information content (AvgIpc) is 2.17. The molecular weight excluding hydrogens is 146 g/mol. The summed E-state index contributed by atoms with van der Waals surface area (Å²) in [6.45, 7) is 5.14. The zero-order valence-corrected chi connectivity index (χ0v) is 8.26. The maximum atomic E-state index is 2.75. The minimum atomic E-state index is 0.974. The number of rotatable bonds is 1. The summed E-state index contributed by atoms with van der Waals surface area (Å²) >= 11 is 0. The van der Waals surface area contributed by atoms with Gasteiger partial charge in [-0.15, -0.1) is 0 Å². The van der Waals surface area contributed by atoms with Gasteiger partial charge in [0.1, 0.15) is 0 Å². The van der Waals surface area contributed by atoms with Crippen LogP contribution in [0.4, 0.5) is 0 Å². The van der Waals surface area contributed by atoms with E-state index in [-0.39, 0.29) is 0 Å². The maximum absolute atomic E-state index is 2.75. The molecule has 2 saturated heterocycles. The molecule has 2 fully saturated rings. The van der Waals surface area contributed by atoms with E-state index in [4.69, 9.17) is 0 Å². The Balaban J connectivity index is 1.90. The first-order chi connectivity index (χ1) is 5.90. The standard InChI is InChI=1S/C11H21N/c1-2-10-6-7-11-5-3-4-8-12(11)9-10/h10-11H,2-9H2,1H3. The van der Waals surface area contributed by atoms with Crippen molar-refractivity contribution in [2.24, 2.45) is 5.92 Å². The lowest BCUT2D eigenvalue weighted by molar-refractivity contribution is 0.0740. The van der Waals surface area contributed by atoms with Gasteiger partial charge in [0.05, 0.1) is 0 Å². The lowest BCUT2D eigenvalue weighted by atomic mass is 9.86. The van der Waals surface area contributed by atoms with Gasteiger partial charge in [0.2, 0.25) is 0 Å². The van der Waals surface area contributed by atoms with Crippen LogP contribution in [0.1, 0.15) is 45.4 Å². The molecule has 1 nitrogen and oxygen atoms in total. The van der Waals surface area contributed by atoms with Crippen LogP contribution in [0.2, 0.25) is 0 Å². The van der Waals surface area contributed by atoms with Crippen molar-refractivity contribution < 1.29 is 0 Å². The number of fused-ring (bicyclic) bond motifs is 1. The lowest BCUT2D eigenvalue weighted by Gasteiger charge is -2.42. The molecule has 0 saturated carbocycles. The molecule has 0 spiro atoms. The van der Waals surface area contributed by atoms with E-state index in [1.807, 2.05) is 0 Å². The van der Waals surface area contributed by atoms with Crippen LogP contribution in [0.25, 0.3) is 0 Å². The van der Waals surface area contributed by atoms with Gasteiger partial charge in [-0.05, 0) is 38.1 Å². The van der Waals surface area contributed by atoms with Crippen molar-refractivity contribution in [3.8, 4) is 0 Å². The van der Waals surface area contributed by atoms with Gasteiger partial charge < -0.3 is 4.90 Å². The SMILES string of the molecule is CCC1CCC2CCCCN2C1. The molecular formula is C11H21N. The molecule has 2 heterocycles. The molecule has 0 N–H and O–H groups in total. The number of nitrogens with zero attached hydrogens (tertiary/aromatic N) is 1. The molecule has 0 radical (unpaired) electrons. The van der Waals surface area contributed by atoms with Crippen LogP contribution in [0.3, 0.4) is 0 Å². The van der Waals surface area contributed by atoms with Gasteiger partial charge in [0.15, 0.2) is 0 Å². The van der Waals surface area contributed by atoms with Crippen LogP contribution in [0, 0.1) is 5.92 Å². The van der Waals surface area contributed by atoms with Crippen LogP contribution < -0.4 is 0 Å². The van der Waals surface area contributed by atoms with Crippen molar-refractivity contribution in [1.82, 2.24) is 4.90 Å². The molecule has 0 amide bonds. The van der Waals surface area contributed by atoms with Gasteiger partial charge in [-0.25, -0.2) is 0 Å². The Morgan fingerprint density at radius 1 is 1.17 bits per heavy atom. The van der Waals surface area contributed by atoms with E-state index >= 15 is 0 Å². The van der Waals surface area contributed by atoms with E-state index in [0.29, 0.717) is 0 Å². The summed E-state index contributed by atoms with van der Waals surface area (Å²) in [5.41, 5.74) is 0. The first kappa shape index (κ1) is 8.55. The van der Waals surface area contributed by atoms with Crippen molar-refractivity contribution in [3.63, 3.8) is 0 Å². The quantitative estimate of drug-likeness (QED) is 0.580. The van der Waals surface area contributed by atoms with E-state index in [1.165, 1.54) is 51.6 Å². The Morgan fingerprint density at radius 2 is 2.08 bits per heavy atom. The van der Waals surface area contributed by atoms with Crippen LogP contribution in [0.15, 0.2) is 0 Å². The molecule has 2 unspecified atom stereocenters. The lowest BCUT2D eigenvalue weighted by Crippen LogP contribution is -2.45. The Kier molecular flexibility index (Phi) is 2.69. The highest BCUT2D eigenvalue weighted by Gasteiger charge is 2.28. The summed E-state index contributed by atoms with van der Waals surface area (Å²) in [7, 11) is 0. The third-order valence-corrected chi connectivity index (χ3v) is 3.73. The normalized spacial score (nSPS) is 37.8. The molecule has 70 valence electrons. The number of hydrogen-bond acceptors (Lipinski definition) is 1. The van der Waals surface area contributed by atoms with E-state index in [1.54, 1.807) is 0 Å². The predicted molar refractivity (Wildman–Crippen MR) is 52.2 cm³/mol. The molecule has 2 atom stereocenters. The summed E-state index contributed by atoms with van der Waals surface area (Å²) in [4.78, 5) is 2.75. The van der Waals surface area contributed by atoms with Crippen molar-refractivity contribution in [1.29, 1.82) is 0 Å². The van der Waals surface area contributed by atoms with Crippen molar-refractivity contribution >= 4 is 0 Å². The zero-order chi connectivity index (χ0) is 8.39. The second kappa shape index (κ2) is 3.78. The number of piperidine rings is 2. The summed E-state index contributed by atoms with van der Waals surface area (Å²) in [6, 6.07) is 0.974. The van der Waals surface area contributed by atoms with E-state index in [2.05, 4.69) is 11.8 Å². The second-order valence-electron chi connectivity index (χ2n) is 4.50. The van der Waals surface area contributed by atoms with Gasteiger partial charge >= 0.3 is 0 Å². The van der Waals surface area contributed by atoms with Gasteiger partial charge in [-0.2, -0.15) is 0 Å². The molecule has 2 aliphatic heterocycles. The Bertz CT molecular complexity index is 144. The molecule has 0 aromatic carbocycles. The fourth-order valence-corrected chi connectivity index (χ4v) is 2.81. The van der Waals surface area contributed by atoms with Crippen LogP contribution in [0.5, 0.6) is 0 Å². The minimum Gasteiger partial charge on any atom is -0.300 e. The smallest absolute Gasteiger partial charge is 0.00954 e. The van der Waals surface area contributed by atoms with Crippen molar-refractivity contribution in [3.05, 3.63) is 0 Å². The summed E-state index contributed by atoms with van der Waals surface area (Å²) in [5, 5.41) is 0. The van der Waals surface area contributed by atoms with E-state index in [9.17, 15) is 0 Å². The molecule has 2 rings (SSSR count). The fourth-order valence-electron chi connectivity index (χ4n) is 2.81. The molecule has 0 aromatic heterocycles. The summed E-state index contributed by atoms with van der Waals surface area (Å²) < 4.78 is 0. The first-order valence-corrected chi connectivity index (χ1v) is 5.64. The van der Waals surface area contributed by atoms with Gasteiger partial charge in [-0.3, -0.25) is 0 Å². The maximum Gasteiger partial charge on any atom is 0.00954 e. The van der Waals surface area contributed by atoms with Crippen LogP contribution in [-0.4, -0.2) is 24.0 Å². The topological polar surface area (TPSA) is 3.24 Å². The van der Waals surface area contributed by atoms with Crippen LogP contribution >= 0.6 is 0 Å². The van der Waals surface area contributed by atoms with E-state index < -0.39 is 0 Å². The Hall–Kier alpha value is -0.0400. The molecule has 0 bridgehead atoms. The Labute approximate surface area is 76.1 Å². The highest BCUT2D eigenvalue weighted by atomic mass is 15.2. The Morgan fingerprint density at radius 3 is 2.92 bits per heavy atom. The molecule has 1 heteroatoms. The molecule has 0 aromatic rings. The minimum absolute atomic E-state index is 0.974. The van der Waals surface area contributed by atoms with Gasteiger partial charge in [0, 0.05) is 12.6 Å². The number of hydrogen-bond donors (Lipinski definition) is 0.